The summed E-state index contributed by atoms with van der Waals surface area (Å²) in [7, 11) is 2.04. The first-order valence-corrected chi connectivity index (χ1v) is 6.63. The molecule has 1 N–H and O–H groups in total. The minimum absolute atomic E-state index is 0.385. The van der Waals surface area contributed by atoms with Crippen LogP contribution < -0.4 is 0 Å². The van der Waals surface area contributed by atoms with Gasteiger partial charge in [-0.3, -0.25) is 0 Å². The van der Waals surface area contributed by atoms with E-state index < -0.39 is 6.10 Å². The predicted octanol–water partition coefficient (Wildman–Crippen LogP) is 2.29. The summed E-state index contributed by atoms with van der Waals surface area (Å²) >= 11 is 0. The molecular weight excluding hydrogens is 226 g/mol. The van der Waals surface area contributed by atoms with Gasteiger partial charge >= 0.3 is 0 Å². The van der Waals surface area contributed by atoms with Crippen LogP contribution in [0.25, 0.3) is 0 Å². The molecule has 0 heterocycles. The minimum atomic E-state index is -0.423. The van der Waals surface area contributed by atoms with Gasteiger partial charge in [-0.25, -0.2) is 0 Å². The maximum Gasteiger partial charge on any atom is 0.0900 e. The predicted molar refractivity (Wildman–Crippen MR) is 74.5 cm³/mol. The van der Waals surface area contributed by atoms with Crippen molar-refractivity contribution in [3.05, 3.63) is 35.9 Å². The van der Waals surface area contributed by atoms with E-state index in [1.807, 2.05) is 37.4 Å². The van der Waals surface area contributed by atoms with Crippen LogP contribution in [0.1, 0.15) is 25.8 Å². The van der Waals surface area contributed by atoms with Crippen molar-refractivity contribution in [2.45, 2.75) is 39.0 Å². The van der Waals surface area contributed by atoms with Crippen molar-refractivity contribution >= 4 is 0 Å². The van der Waals surface area contributed by atoms with E-state index in [1.54, 1.807) is 0 Å². The Hall–Kier alpha value is -0.900. The van der Waals surface area contributed by atoms with Gasteiger partial charge < -0.3 is 14.7 Å². The SMILES string of the molecule is CCC(C)N(C)CC(O)COCc1ccccc1. The van der Waals surface area contributed by atoms with Gasteiger partial charge in [0.05, 0.1) is 19.3 Å². The largest absolute Gasteiger partial charge is 0.389 e. The second kappa shape index (κ2) is 8.25. The molecule has 3 nitrogen and oxygen atoms in total. The first kappa shape index (κ1) is 15.2. The highest BCUT2D eigenvalue weighted by Crippen LogP contribution is 2.04. The lowest BCUT2D eigenvalue weighted by atomic mass is 10.2. The van der Waals surface area contributed by atoms with Crippen LogP contribution in [0.2, 0.25) is 0 Å². The highest BCUT2D eigenvalue weighted by molar-refractivity contribution is 5.13. The normalized spacial score (nSPS) is 14.7. The Balaban J connectivity index is 2.19. The van der Waals surface area contributed by atoms with Crippen molar-refractivity contribution < 1.29 is 9.84 Å². The van der Waals surface area contributed by atoms with E-state index in [4.69, 9.17) is 4.74 Å². The van der Waals surface area contributed by atoms with E-state index in [0.29, 0.717) is 25.8 Å². The van der Waals surface area contributed by atoms with Crippen LogP contribution in [0.4, 0.5) is 0 Å². The lowest BCUT2D eigenvalue weighted by Crippen LogP contribution is -2.37. The van der Waals surface area contributed by atoms with Gasteiger partial charge in [-0.15, -0.1) is 0 Å². The number of aliphatic hydroxyl groups excluding tert-OH is 1. The third kappa shape index (κ3) is 5.63. The Labute approximate surface area is 110 Å². The molecule has 18 heavy (non-hydrogen) atoms. The van der Waals surface area contributed by atoms with Crippen molar-refractivity contribution in [2.75, 3.05) is 20.2 Å². The van der Waals surface area contributed by atoms with Gasteiger partial charge in [0.25, 0.3) is 0 Å². The minimum Gasteiger partial charge on any atom is -0.389 e. The quantitative estimate of drug-likeness (QED) is 0.769. The molecule has 0 aromatic heterocycles. The first-order valence-electron chi connectivity index (χ1n) is 6.63. The maximum absolute atomic E-state index is 9.88. The fraction of sp³-hybridized carbons (Fsp3) is 0.600. The Kier molecular flexibility index (Phi) is 6.94. The molecule has 0 bridgehead atoms. The molecular formula is C15H25NO2. The Morgan fingerprint density at radius 2 is 1.94 bits per heavy atom. The molecule has 0 aliphatic rings. The lowest BCUT2D eigenvalue weighted by Gasteiger charge is -2.25. The van der Waals surface area contributed by atoms with Gasteiger partial charge in [0.15, 0.2) is 0 Å². The molecule has 0 saturated carbocycles. The average molecular weight is 251 g/mol. The number of nitrogens with zero attached hydrogens (tertiary/aromatic N) is 1. The monoisotopic (exact) mass is 251 g/mol. The summed E-state index contributed by atoms with van der Waals surface area (Å²) in [4.78, 5) is 2.16. The Bertz CT molecular complexity index is 316. The molecule has 0 aliphatic carbocycles. The molecule has 0 aliphatic heterocycles. The summed E-state index contributed by atoms with van der Waals surface area (Å²) in [6.07, 6.45) is 0.668. The molecule has 1 rings (SSSR count). The molecule has 3 heteroatoms. The van der Waals surface area contributed by atoms with Crippen LogP contribution in [0.5, 0.6) is 0 Å². The van der Waals surface area contributed by atoms with Gasteiger partial charge in [0.2, 0.25) is 0 Å². The molecule has 0 amide bonds. The van der Waals surface area contributed by atoms with E-state index in [0.717, 1.165) is 12.0 Å². The third-order valence-electron chi connectivity index (χ3n) is 3.26. The van der Waals surface area contributed by atoms with E-state index in [2.05, 4.69) is 18.7 Å². The standard InChI is InChI=1S/C15H25NO2/c1-4-13(2)16(3)10-15(17)12-18-11-14-8-6-5-7-9-14/h5-9,13,15,17H,4,10-12H2,1-3H3. The molecule has 2 atom stereocenters. The summed E-state index contributed by atoms with van der Waals surface area (Å²) in [5.74, 6) is 0. The Morgan fingerprint density at radius 3 is 2.56 bits per heavy atom. The fourth-order valence-electron chi connectivity index (χ4n) is 1.76. The molecule has 1 aromatic rings. The summed E-state index contributed by atoms with van der Waals surface area (Å²) in [5.41, 5.74) is 1.14. The topological polar surface area (TPSA) is 32.7 Å². The number of likely N-dealkylation sites (N-methyl/N-ethyl adjacent to an activating group) is 1. The van der Waals surface area contributed by atoms with Crippen LogP contribution >= 0.6 is 0 Å². The zero-order valence-corrected chi connectivity index (χ0v) is 11.7. The smallest absolute Gasteiger partial charge is 0.0900 e. The highest BCUT2D eigenvalue weighted by Gasteiger charge is 2.12. The first-order chi connectivity index (χ1) is 8.63. The van der Waals surface area contributed by atoms with Gasteiger partial charge in [0, 0.05) is 12.6 Å². The summed E-state index contributed by atoms with van der Waals surface area (Å²) in [6, 6.07) is 10.5. The highest BCUT2D eigenvalue weighted by atomic mass is 16.5. The molecule has 0 fully saturated rings. The van der Waals surface area contributed by atoms with E-state index >= 15 is 0 Å². The molecule has 0 saturated heterocycles. The van der Waals surface area contributed by atoms with Crippen LogP contribution in [0.15, 0.2) is 30.3 Å². The maximum atomic E-state index is 9.88. The van der Waals surface area contributed by atoms with Crippen molar-refractivity contribution in [1.29, 1.82) is 0 Å². The van der Waals surface area contributed by atoms with Gasteiger partial charge in [-0.2, -0.15) is 0 Å². The van der Waals surface area contributed by atoms with Crippen molar-refractivity contribution in [2.24, 2.45) is 0 Å². The summed E-state index contributed by atoms with van der Waals surface area (Å²) in [5, 5.41) is 9.88. The van der Waals surface area contributed by atoms with Gasteiger partial charge in [-0.1, -0.05) is 37.3 Å². The number of benzene rings is 1. The summed E-state index contributed by atoms with van der Waals surface area (Å²) < 4.78 is 5.52. The second-order valence-electron chi connectivity index (χ2n) is 4.85. The average Bonchev–Trinajstić information content (AvgIpc) is 2.38. The lowest BCUT2D eigenvalue weighted by molar-refractivity contribution is 0.00848. The van der Waals surface area contributed by atoms with E-state index in [1.165, 1.54) is 0 Å². The second-order valence-corrected chi connectivity index (χ2v) is 4.85. The van der Waals surface area contributed by atoms with E-state index in [-0.39, 0.29) is 0 Å². The number of aliphatic hydroxyl groups is 1. The number of hydrogen-bond acceptors (Lipinski definition) is 3. The van der Waals surface area contributed by atoms with Gasteiger partial charge in [0.1, 0.15) is 0 Å². The van der Waals surface area contributed by atoms with Crippen molar-refractivity contribution in [1.82, 2.24) is 4.90 Å². The number of hydrogen-bond donors (Lipinski definition) is 1. The third-order valence-corrected chi connectivity index (χ3v) is 3.26. The molecule has 0 radical (unpaired) electrons. The van der Waals surface area contributed by atoms with E-state index in [9.17, 15) is 5.11 Å². The van der Waals surface area contributed by atoms with Gasteiger partial charge in [-0.05, 0) is 26.0 Å². The number of rotatable bonds is 8. The van der Waals surface area contributed by atoms with Crippen molar-refractivity contribution in [3.8, 4) is 0 Å². The Morgan fingerprint density at radius 1 is 1.28 bits per heavy atom. The van der Waals surface area contributed by atoms with Crippen LogP contribution in [0.3, 0.4) is 0 Å². The summed E-state index contributed by atoms with van der Waals surface area (Å²) in [6.45, 7) is 5.92. The molecule has 0 spiro atoms. The fourth-order valence-corrected chi connectivity index (χ4v) is 1.76. The van der Waals surface area contributed by atoms with Crippen LogP contribution in [0, 0.1) is 0 Å². The molecule has 102 valence electrons. The van der Waals surface area contributed by atoms with Crippen LogP contribution in [-0.2, 0) is 11.3 Å². The zero-order valence-electron chi connectivity index (χ0n) is 11.7. The molecule has 1 aromatic carbocycles. The molecule has 2 unspecified atom stereocenters. The van der Waals surface area contributed by atoms with Crippen LogP contribution in [-0.4, -0.2) is 42.4 Å². The zero-order chi connectivity index (χ0) is 13.4. The number of ether oxygens (including phenoxy) is 1. The van der Waals surface area contributed by atoms with Crippen molar-refractivity contribution in [3.63, 3.8) is 0 Å².